The number of aliphatic hydroxyl groups excluding tert-OH is 5. The van der Waals surface area contributed by atoms with Gasteiger partial charge in [0.15, 0.2) is 37.4 Å². The van der Waals surface area contributed by atoms with Gasteiger partial charge in [-0.15, -0.1) is 0 Å². The van der Waals surface area contributed by atoms with Gasteiger partial charge >= 0.3 is 11.9 Å². The van der Waals surface area contributed by atoms with E-state index in [0.29, 0.717) is 33.6 Å². The van der Waals surface area contributed by atoms with Crippen LogP contribution in [0.15, 0.2) is 146 Å². The van der Waals surface area contributed by atoms with Crippen LogP contribution in [0.4, 0.5) is 0 Å². The van der Waals surface area contributed by atoms with Gasteiger partial charge in [0.1, 0.15) is 91.1 Å². The number of carboxylic acid groups (broad SMARTS) is 2. The average Bonchev–Trinajstić information content (AvgIpc) is 0.797. The molecule has 26 heteroatoms. The average molecular weight is 1260 g/mol. The summed E-state index contributed by atoms with van der Waals surface area (Å²) in [6.45, 7) is -0.229. The molecule has 4 saturated heterocycles. The molecule has 0 unspecified atom stereocenters. The van der Waals surface area contributed by atoms with Crippen molar-refractivity contribution in [1.29, 1.82) is 0 Å². The molecule has 5 aromatic rings. The molecule has 0 spiro atoms. The number of nitrogens with one attached hydrogen (secondary N) is 2. The lowest BCUT2D eigenvalue weighted by atomic mass is 9.93. The summed E-state index contributed by atoms with van der Waals surface area (Å²) in [5.74, 6) is -4.11. The van der Waals surface area contributed by atoms with E-state index in [1.165, 1.54) is 7.11 Å². The molecule has 26 nitrogen and oxygen atoms in total. The molecule has 5 aromatic carbocycles. The van der Waals surface area contributed by atoms with Crippen molar-refractivity contribution < 1.29 is 117 Å². The number of carboxylic acids is 2. The van der Waals surface area contributed by atoms with Crippen molar-refractivity contribution in [3.8, 4) is 5.75 Å². The third-order valence-corrected chi connectivity index (χ3v) is 15.6. The predicted octanol–water partition coefficient (Wildman–Crippen LogP) is 1.85. The van der Waals surface area contributed by atoms with Crippen LogP contribution in [0.25, 0.3) is 0 Å². The van der Waals surface area contributed by atoms with Gasteiger partial charge in [0.05, 0.1) is 53.4 Å². The Bertz CT molecular complexity index is 3030. The van der Waals surface area contributed by atoms with Crippen molar-refractivity contribution >= 4 is 23.8 Å². The van der Waals surface area contributed by atoms with E-state index < -0.39 is 160 Å². The lowest BCUT2D eigenvalue weighted by Crippen LogP contribution is -2.71. The van der Waals surface area contributed by atoms with E-state index in [4.69, 9.17) is 61.6 Å². The zero-order valence-corrected chi connectivity index (χ0v) is 49.4. The molecule has 2 amide bonds. The number of carbonyl (C=O) groups is 4. The summed E-state index contributed by atoms with van der Waals surface area (Å²) in [7, 11) is 1.50. The van der Waals surface area contributed by atoms with Crippen LogP contribution in [0.5, 0.6) is 5.75 Å². The normalized spacial score (nSPS) is 31.9. The van der Waals surface area contributed by atoms with Crippen LogP contribution >= 0.6 is 0 Å². The summed E-state index contributed by atoms with van der Waals surface area (Å²) in [5, 5.41) is 85.8. The van der Waals surface area contributed by atoms with E-state index in [2.05, 4.69) is 10.6 Å². The van der Waals surface area contributed by atoms with Crippen LogP contribution < -0.4 is 15.4 Å². The highest BCUT2D eigenvalue weighted by atomic mass is 16.8. The quantitative estimate of drug-likeness (QED) is 0.0345. The van der Waals surface area contributed by atoms with Crippen LogP contribution in [-0.2, 0) is 109 Å². The van der Waals surface area contributed by atoms with E-state index in [1.54, 1.807) is 146 Å². The van der Waals surface area contributed by atoms with Crippen LogP contribution in [0.1, 0.15) is 41.7 Å². The minimum atomic E-state index is -2.20. The zero-order valence-electron chi connectivity index (χ0n) is 49.4. The maximum Gasteiger partial charge on any atom is 0.335 e. The molecule has 0 bridgehead atoms. The monoisotopic (exact) mass is 1260 g/mol. The molecule has 90 heavy (non-hydrogen) atoms. The van der Waals surface area contributed by atoms with Crippen molar-refractivity contribution in [3.63, 3.8) is 0 Å². The number of amides is 2. The fourth-order valence-electron chi connectivity index (χ4n) is 11.2. The Balaban J connectivity index is 1.08. The van der Waals surface area contributed by atoms with Crippen molar-refractivity contribution in [2.45, 2.75) is 170 Å². The highest BCUT2D eigenvalue weighted by Crippen LogP contribution is 2.38. The largest absolute Gasteiger partial charge is 0.497 e. The molecule has 4 fully saturated rings. The van der Waals surface area contributed by atoms with Gasteiger partial charge in [-0.25, -0.2) is 9.59 Å². The second kappa shape index (κ2) is 32.4. The fraction of sp³-hybridized carbons (Fsp3) is 0.469. The maximum absolute atomic E-state index is 13.8. The number of methoxy groups -OCH3 is 1. The second-order valence-corrected chi connectivity index (χ2v) is 21.9. The molecule has 0 radical (unpaired) electrons. The number of carbonyl (C=O) groups excluding carboxylic acids is 2. The first kappa shape index (κ1) is 67.5. The lowest BCUT2D eigenvalue weighted by molar-refractivity contribution is -0.376. The Hall–Kier alpha value is -6.90. The van der Waals surface area contributed by atoms with Gasteiger partial charge in [0, 0.05) is 13.8 Å². The predicted molar refractivity (Wildman–Crippen MR) is 310 cm³/mol. The molecule has 4 aliphatic heterocycles. The number of hydrogen-bond donors (Lipinski definition) is 9. The third-order valence-electron chi connectivity index (χ3n) is 15.6. The Kier molecular flexibility index (Phi) is 24.3. The summed E-state index contributed by atoms with van der Waals surface area (Å²) in [5.41, 5.74) is 3.09. The van der Waals surface area contributed by atoms with Crippen LogP contribution in [0.3, 0.4) is 0 Å². The minimum absolute atomic E-state index is 0.109. The molecule has 9 rings (SSSR count). The van der Waals surface area contributed by atoms with Crippen molar-refractivity contribution in [2.75, 3.05) is 20.3 Å². The molecule has 4 heterocycles. The van der Waals surface area contributed by atoms with Crippen molar-refractivity contribution in [3.05, 3.63) is 173 Å². The molecule has 9 N–H and O–H groups in total. The standard InChI is InChI=1S/C64H76N2O24/c1-35(69)65-45-51(49(43(28-67)84-61(45)77)79-30-37-16-8-4-9-17-37)86-64-48(72)54(82-33-40-22-14-7-15-23-40)56(58(90-64)60(75)76)88-62-46(66-36(2)70)52(50(44(29-68)85-62)80-31-38-18-10-5-11-19-38)87-63-47(71)53(81-32-39-20-12-6-13-21-39)55(57(89-63)59(73)74)83-34-41-24-26-42(78-3)27-25-41/h4-27,43-58,61-64,67-68,71-72,77H,28-34H2,1-3H3,(H,65,69)(H,66,70)(H,73,74)(H,75,76)/t43-,44-,45-,46-,47-,48-,49+,50+,51-,52-,53-,54-,55+,56+,57+,58+,61-,62+,63-,64-/m1/s1. The summed E-state index contributed by atoms with van der Waals surface area (Å²) < 4.78 is 81.5. The SMILES string of the molecule is COc1ccc(CO[C@H]2[C@H](OCc3ccccc3)[C@@H](O)[C@H](O[C@@H]3[C@@H](NC(C)=O)[C@H](O[C@H]4[C@H](OCc5ccccc5)[C@@H](O)[C@H](O[C@@H]5[C@@H](NC(C)=O)[C@H](O)O[C@H](CO)[C@@H]5OCc5ccccc5)O[C@@H]4C(=O)O)O[C@H](CO)[C@@H]3OCc3ccccc3)O[C@@H]2C(=O)O)cc1. The summed E-state index contributed by atoms with van der Waals surface area (Å²) >= 11 is 0. The van der Waals surface area contributed by atoms with E-state index in [-0.39, 0.29) is 33.0 Å². The van der Waals surface area contributed by atoms with Gasteiger partial charge in [-0.2, -0.15) is 0 Å². The lowest BCUT2D eigenvalue weighted by Gasteiger charge is -2.51. The van der Waals surface area contributed by atoms with Gasteiger partial charge in [-0.3, -0.25) is 9.59 Å². The van der Waals surface area contributed by atoms with Crippen LogP contribution in [0.2, 0.25) is 0 Å². The number of rotatable bonds is 28. The second-order valence-electron chi connectivity index (χ2n) is 21.9. The van der Waals surface area contributed by atoms with E-state index >= 15 is 0 Å². The molecular formula is C64H76N2O24. The van der Waals surface area contributed by atoms with E-state index in [0.717, 1.165) is 13.8 Å². The first-order valence-electron chi connectivity index (χ1n) is 29.2. The molecular weight excluding hydrogens is 1180 g/mol. The van der Waals surface area contributed by atoms with Gasteiger partial charge < -0.3 is 108 Å². The molecule has 4 aliphatic rings. The molecule has 0 aliphatic carbocycles. The molecule has 20 atom stereocenters. The Morgan fingerprint density at radius 3 is 1.16 bits per heavy atom. The van der Waals surface area contributed by atoms with Crippen LogP contribution in [0, 0.1) is 0 Å². The van der Waals surface area contributed by atoms with E-state index in [1.807, 2.05) is 0 Å². The number of aliphatic hydroxyl groups is 5. The number of benzene rings is 5. The number of aliphatic carboxylic acids is 2. The highest BCUT2D eigenvalue weighted by molar-refractivity contribution is 5.75. The maximum atomic E-state index is 13.8. The van der Waals surface area contributed by atoms with E-state index in [9.17, 15) is 54.9 Å². The van der Waals surface area contributed by atoms with Gasteiger partial charge in [0.25, 0.3) is 0 Å². The third kappa shape index (κ3) is 17.2. The zero-order chi connectivity index (χ0) is 63.8. The van der Waals surface area contributed by atoms with Crippen molar-refractivity contribution in [2.24, 2.45) is 0 Å². The van der Waals surface area contributed by atoms with Gasteiger partial charge in [-0.05, 0) is 39.9 Å². The Morgan fingerprint density at radius 1 is 0.411 bits per heavy atom. The highest BCUT2D eigenvalue weighted by Gasteiger charge is 2.59. The smallest absolute Gasteiger partial charge is 0.335 e. The minimum Gasteiger partial charge on any atom is -0.497 e. The number of hydrogen-bond acceptors (Lipinski definition) is 22. The molecule has 0 aromatic heterocycles. The van der Waals surface area contributed by atoms with Crippen LogP contribution in [-0.4, -0.2) is 203 Å². The Morgan fingerprint density at radius 2 is 0.756 bits per heavy atom. The van der Waals surface area contributed by atoms with Gasteiger partial charge in [0.2, 0.25) is 11.8 Å². The summed E-state index contributed by atoms with van der Waals surface area (Å²) in [6.07, 6.45) is -31.5. The number of ether oxygens (including phenoxy) is 13. The summed E-state index contributed by atoms with van der Waals surface area (Å²) in [6, 6.07) is 38.6. The summed E-state index contributed by atoms with van der Waals surface area (Å²) in [4.78, 5) is 53.6. The molecule has 0 saturated carbocycles. The fourth-order valence-corrected chi connectivity index (χ4v) is 11.2. The Labute approximate surface area is 518 Å². The first-order valence-corrected chi connectivity index (χ1v) is 29.2. The topological polar surface area (TPSA) is 354 Å². The first-order chi connectivity index (χ1) is 43.5. The van der Waals surface area contributed by atoms with Crippen molar-refractivity contribution in [1.82, 2.24) is 10.6 Å². The molecule has 486 valence electrons. The van der Waals surface area contributed by atoms with Gasteiger partial charge in [-0.1, -0.05) is 133 Å².